The fraction of sp³-hybridized carbons (Fsp3) is 0.417. The summed E-state index contributed by atoms with van der Waals surface area (Å²) < 4.78 is 28.0. The van der Waals surface area contributed by atoms with Crippen molar-refractivity contribution in [3.05, 3.63) is 63.2 Å². The van der Waals surface area contributed by atoms with Crippen LogP contribution < -0.4 is 21.2 Å². The Kier molecular flexibility index (Phi) is 4.53. The van der Waals surface area contributed by atoms with Crippen LogP contribution in [0.25, 0.3) is 12.3 Å². The number of aromatic nitrogens is 2. The lowest BCUT2D eigenvalue weighted by Crippen LogP contribution is -2.45. The van der Waals surface area contributed by atoms with Gasteiger partial charge in [0, 0.05) is 36.5 Å². The molecule has 0 bridgehead atoms. The third-order valence-electron chi connectivity index (χ3n) is 6.29. The van der Waals surface area contributed by atoms with Crippen LogP contribution in [0.1, 0.15) is 55.2 Å². The number of rotatable bonds is 5. The van der Waals surface area contributed by atoms with Crippen molar-refractivity contribution >= 4 is 18.1 Å². The van der Waals surface area contributed by atoms with E-state index in [0.29, 0.717) is 23.1 Å². The summed E-state index contributed by atoms with van der Waals surface area (Å²) in [5.74, 6) is -0.847. The maximum Gasteiger partial charge on any atom is 0.270 e. The Morgan fingerprint density at radius 2 is 1.97 bits per heavy atom. The molecule has 1 aromatic carbocycles. The second-order valence-electron chi connectivity index (χ2n) is 8.88. The number of nitrogens with one attached hydrogen (secondary N) is 2. The molecule has 162 valence electrons. The van der Waals surface area contributed by atoms with Crippen molar-refractivity contribution in [2.45, 2.75) is 58.7 Å². The van der Waals surface area contributed by atoms with Crippen molar-refractivity contribution < 1.29 is 8.78 Å². The normalized spacial score (nSPS) is 20.6. The molecule has 0 radical (unpaired) electrons. The van der Waals surface area contributed by atoms with Crippen molar-refractivity contribution in [3.8, 4) is 0 Å². The van der Waals surface area contributed by atoms with Gasteiger partial charge in [-0.05, 0) is 50.8 Å². The number of aryl methyl sites for hydroxylation is 1. The highest BCUT2D eigenvalue weighted by molar-refractivity contribution is 5.53. The van der Waals surface area contributed by atoms with Gasteiger partial charge in [0.05, 0.1) is 16.6 Å². The summed E-state index contributed by atoms with van der Waals surface area (Å²) in [4.78, 5) is 11.4. The van der Waals surface area contributed by atoms with Gasteiger partial charge in [0.1, 0.15) is 17.8 Å². The van der Waals surface area contributed by atoms with Crippen molar-refractivity contribution in [2.24, 2.45) is 5.92 Å². The first-order chi connectivity index (χ1) is 14.7. The average Bonchev–Trinajstić information content (AvgIpc) is 3.45. The van der Waals surface area contributed by atoms with Crippen LogP contribution in [0, 0.1) is 19.8 Å². The number of fused-ring (bicyclic) bond motifs is 2. The molecule has 0 saturated heterocycles. The summed E-state index contributed by atoms with van der Waals surface area (Å²) in [5.41, 5.74) is 2.78. The molecule has 3 heterocycles. The predicted molar refractivity (Wildman–Crippen MR) is 117 cm³/mol. The summed E-state index contributed by atoms with van der Waals surface area (Å²) in [7, 11) is 0. The summed E-state index contributed by atoms with van der Waals surface area (Å²) in [5, 5.41) is 8.83. The highest BCUT2D eigenvalue weighted by Gasteiger charge is 2.33. The number of halogens is 2. The maximum absolute atomic E-state index is 14.0. The van der Waals surface area contributed by atoms with Crippen LogP contribution in [-0.2, 0) is 5.92 Å². The number of hydrogen-bond acceptors (Lipinski definition) is 5. The smallest absolute Gasteiger partial charge is 0.270 e. The second-order valence-corrected chi connectivity index (χ2v) is 8.88. The third kappa shape index (κ3) is 3.66. The third-order valence-corrected chi connectivity index (χ3v) is 6.29. The van der Waals surface area contributed by atoms with E-state index in [1.807, 2.05) is 19.9 Å². The van der Waals surface area contributed by atoms with Crippen LogP contribution in [-0.4, -0.2) is 21.0 Å². The molecule has 0 amide bonds. The van der Waals surface area contributed by atoms with Gasteiger partial charge in [0.15, 0.2) is 0 Å². The lowest BCUT2D eigenvalue weighted by Gasteiger charge is -2.24. The van der Waals surface area contributed by atoms with Gasteiger partial charge in [-0.15, -0.1) is 0 Å². The van der Waals surface area contributed by atoms with E-state index >= 15 is 0 Å². The Morgan fingerprint density at radius 3 is 2.68 bits per heavy atom. The van der Waals surface area contributed by atoms with Gasteiger partial charge in [-0.25, -0.2) is 18.7 Å². The predicted octanol–water partition coefficient (Wildman–Crippen LogP) is 3.39. The van der Waals surface area contributed by atoms with E-state index in [9.17, 15) is 8.78 Å². The van der Waals surface area contributed by atoms with Gasteiger partial charge >= 0.3 is 0 Å². The molecular formula is C24H27F2N5. The van der Waals surface area contributed by atoms with Crippen LogP contribution in [0.15, 0.2) is 30.1 Å². The van der Waals surface area contributed by atoms with Crippen molar-refractivity contribution in [1.29, 1.82) is 0 Å². The van der Waals surface area contributed by atoms with Crippen LogP contribution in [0.4, 0.5) is 14.6 Å². The van der Waals surface area contributed by atoms with Crippen LogP contribution in [0.2, 0.25) is 0 Å². The zero-order valence-electron chi connectivity index (χ0n) is 18.2. The maximum atomic E-state index is 14.0. The van der Waals surface area contributed by atoms with E-state index in [1.54, 1.807) is 13.0 Å². The molecule has 1 unspecified atom stereocenters. The molecule has 0 spiro atoms. The minimum Gasteiger partial charge on any atom is -0.364 e. The summed E-state index contributed by atoms with van der Waals surface area (Å²) in [6, 6.07) is 4.89. The summed E-state index contributed by atoms with van der Waals surface area (Å²) >= 11 is 0. The molecule has 5 nitrogen and oxygen atoms in total. The molecule has 7 heteroatoms. The van der Waals surface area contributed by atoms with Gasteiger partial charge in [0.2, 0.25) is 0 Å². The Morgan fingerprint density at radius 1 is 1.19 bits per heavy atom. The molecule has 2 aliphatic heterocycles. The standard InChI is InChI=1S/C24H27F2N5/c1-13-17(6-5-7-19(13)24(4,25)26)14(2)27-23-18-11-31-12-21(16-8-9-16)30-22(31)10-20(18)28-15(3)29-23/h5-7,10-12,14,16,22,30H,8-9H2,1-4H3,(H,27,28,29)/t14-,22?/m1/s1. The largest absolute Gasteiger partial charge is 0.364 e. The lowest BCUT2D eigenvalue weighted by molar-refractivity contribution is 0.0167. The lowest BCUT2D eigenvalue weighted by atomic mass is 9.94. The van der Waals surface area contributed by atoms with Gasteiger partial charge in [-0.3, -0.25) is 0 Å². The Bertz CT molecular complexity index is 1190. The molecule has 1 fully saturated rings. The van der Waals surface area contributed by atoms with E-state index in [2.05, 4.69) is 44.0 Å². The monoisotopic (exact) mass is 423 g/mol. The summed E-state index contributed by atoms with van der Waals surface area (Å²) in [6.07, 6.45) is 8.92. The van der Waals surface area contributed by atoms with Crippen LogP contribution >= 0.6 is 0 Å². The Labute approximate surface area is 180 Å². The number of hydrogen-bond donors (Lipinski definition) is 2. The highest BCUT2D eigenvalue weighted by Crippen LogP contribution is 2.38. The minimum atomic E-state index is -2.88. The fourth-order valence-electron chi connectivity index (χ4n) is 4.53. The first kappa shape index (κ1) is 20.0. The highest BCUT2D eigenvalue weighted by atomic mass is 19.3. The number of nitrogens with zero attached hydrogens (tertiary/aromatic N) is 3. The minimum absolute atomic E-state index is 0.0585. The molecular weight excluding hydrogens is 396 g/mol. The second kappa shape index (κ2) is 7.04. The molecule has 31 heavy (non-hydrogen) atoms. The van der Waals surface area contributed by atoms with Gasteiger partial charge < -0.3 is 15.5 Å². The van der Waals surface area contributed by atoms with Gasteiger partial charge in [0.25, 0.3) is 5.92 Å². The van der Waals surface area contributed by atoms with Crippen LogP contribution in [0.3, 0.4) is 0 Å². The van der Waals surface area contributed by atoms with Gasteiger partial charge in [-0.1, -0.05) is 18.2 Å². The fourth-order valence-corrected chi connectivity index (χ4v) is 4.53. The zero-order chi connectivity index (χ0) is 21.9. The summed E-state index contributed by atoms with van der Waals surface area (Å²) in [6.45, 7) is 6.54. The first-order valence-corrected chi connectivity index (χ1v) is 10.8. The SMILES string of the molecule is Cc1nc(N[C@H](C)c2cccc(C(C)(F)F)c2C)c2c(n1)=CC1NC(C3CC3)=CN1C=2. The molecule has 2 N–H and O–H groups in total. The number of alkyl halides is 2. The topological polar surface area (TPSA) is 53.1 Å². The molecule has 1 saturated carbocycles. The van der Waals surface area contributed by atoms with Gasteiger partial charge in [-0.2, -0.15) is 0 Å². The number of anilines is 1. The average molecular weight is 424 g/mol. The van der Waals surface area contributed by atoms with Crippen molar-refractivity contribution in [1.82, 2.24) is 20.2 Å². The molecule has 2 atom stereocenters. The van der Waals surface area contributed by atoms with E-state index < -0.39 is 5.92 Å². The van der Waals surface area contributed by atoms with Crippen molar-refractivity contribution in [2.75, 3.05) is 5.32 Å². The molecule has 5 rings (SSSR count). The van der Waals surface area contributed by atoms with E-state index in [1.165, 1.54) is 24.6 Å². The quantitative estimate of drug-likeness (QED) is 0.772. The van der Waals surface area contributed by atoms with Crippen molar-refractivity contribution in [3.63, 3.8) is 0 Å². The Balaban J connectivity index is 1.51. The molecule has 3 aliphatic rings. The number of allylic oxidation sites excluding steroid dienone is 1. The molecule has 1 aliphatic carbocycles. The Hall–Kier alpha value is -2.96. The molecule has 1 aromatic heterocycles. The van der Waals surface area contributed by atoms with E-state index in [-0.39, 0.29) is 17.8 Å². The zero-order valence-corrected chi connectivity index (χ0v) is 18.2. The number of benzene rings is 1. The molecule has 2 aromatic rings. The van der Waals surface area contributed by atoms with Crippen LogP contribution in [0.5, 0.6) is 0 Å². The first-order valence-electron chi connectivity index (χ1n) is 10.8. The van der Waals surface area contributed by atoms with E-state index in [0.717, 1.165) is 23.1 Å². The van der Waals surface area contributed by atoms with E-state index in [4.69, 9.17) is 0 Å².